The van der Waals surface area contributed by atoms with E-state index in [0.717, 1.165) is 16.3 Å². The van der Waals surface area contributed by atoms with Gasteiger partial charge in [0.05, 0.1) is 6.54 Å². The minimum atomic E-state index is -0.271. The highest BCUT2D eigenvalue weighted by Crippen LogP contribution is 2.30. The molecule has 0 fully saturated rings. The van der Waals surface area contributed by atoms with Gasteiger partial charge in [-0.05, 0) is 35.2 Å². The molecule has 0 N–H and O–H groups in total. The Morgan fingerprint density at radius 3 is 2.08 bits per heavy atom. The normalized spacial score (nSPS) is 13.0. The molecule has 0 aliphatic carbocycles. The highest BCUT2D eigenvalue weighted by Gasteiger charge is 2.32. The van der Waals surface area contributed by atoms with Gasteiger partial charge in [0.1, 0.15) is 12.4 Å². The van der Waals surface area contributed by atoms with Crippen molar-refractivity contribution in [1.82, 2.24) is 4.90 Å². The molecular weight excluding hydrogens is 326 g/mol. The van der Waals surface area contributed by atoms with Crippen molar-refractivity contribution in [2.24, 2.45) is 0 Å². The van der Waals surface area contributed by atoms with E-state index in [9.17, 15) is 9.59 Å². The fraction of sp³-hybridized carbons (Fsp3) is 0.0909. The van der Waals surface area contributed by atoms with E-state index in [2.05, 4.69) is 5.92 Å². The Morgan fingerprint density at radius 1 is 0.885 bits per heavy atom. The van der Waals surface area contributed by atoms with Gasteiger partial charge >= 0.3 is 0 Å². The van der Waals surface area contributed by atoms with E-state index < -0.39 is 0 Å². The van der Waals surface area contributed by atoms with Gasteiger partial charge in [-0.3, -0.25) is 14.5 Å². The molecule has 4 nitrogen and oxygen atoms in total. The molecule has 0 aromatic heterocycles. The summed E-state index contributed by atoms with van der Waals surface area (Å²) in [6.07, 6.45) is 5.17. The predicted octanol–water partition coefficient (Wildman–Crippen LogP) is 3.65. The lowest BCUT2D eigenvalue weighted by molar-refractivity contribution is 0.0598. The summed E-state index contributed by atoms with van der Waals surface area (Å²) in [7, 11) is 0. The number of terminal acetylenes is 1. The van der Waals surface area contributed by atoms with Crippen molar-refractivity contribution in [2.75, 3.05) is 6.61 Å². The minimum absolute atomic E-state index is 0.198. The SMILES string of the molecule is C#CCOc1ccc(CN2C(=O)c3cccc4cccc(c34)C2=O)cc1. The zero-order valence-electron chi connectivity index (χ0n) is 13.9. The number of nitrogens with zero attached hydrogens (tertiary/aromatic N) is 1. The largest absolute Gasteiger partial charge is 0.481 e. The maximum atomic E-state index is 12.9. The van der Waals surface area contributed by atoms with Gasteiger partial charge in [0.15, 0.2) is 0 Å². The van der Waals surface area contributed by atoms with Crippen LogP contribution in [0.2, 0.25) is 0 Å². The third kappa shape index (κ3) is 2.60. The van der Waals surface area contributed by atoms with Gasteiger partial charge in [-0.15, -0.1) is 6.42 Å². The van der Waals surface area contributed by atoms with E-state index in [1.165, 1.54) is 4.90 Å². The van der Waals surface area contributed by atoms with Gasteiger partial charge in [0.25, 0.3) is 11.8 Å². The van der Waals surface area contributed by atoms with Crippen molar-refractivity contribution < 1.29 is 14.3 Å². The molecule has 0 unspecified atom stereocenters. The van der Waals surface area contributed by atoms with Crippen LogP contribution >= 0.6 is 0 Å². The smallest absolute Gasteiger partial charge is 0.261 e. The molecule has 2 amide bonds. The van der Waals surface area contributed by atoms with E-state index in [4.69, 9.17) is 11.2 Å². The Labute approximate surface area is 151 Å². The molecule has 0 spiro atoms. The fourth-order valence-electron chi connectivity index (χ4n) is 3.22. The molecule has 126 valence electrons. The van der Waals surface area contributed by atoms with Crippen LogP contribution < -0.4 is 4.74 Å². The second-order valence-electron chi connectivity index (χ2n) is 6.04. The van der Waals surface area contributed by atoms with E-state index >= 15 is 0 Å². The standard InChI is InChI=1S/C22H15NO3/c1-2-13-26-17-11-9-15(10-12-17)14-23-21(24)18-7-3-5-16-6-4-8-19(20(16)18)22(23)25/h1,3-12H,13-14H2. The number of imide groups is 1. The Morgan fingerprint density at radius 2 is 1.50 bits per heavy atom. The van der Waals surface area contributed by atoms with Gasteiger partial charge < -0.3 is 4.74 Å². The van der Waals surface area contributed by atoms with Crippen LogP contribution in [0.15, 0.2) is 60.7 Å². The summed E-state index contributed by atoms with van der Waals surface area (Å²) in [6, 6.07) is 18.2. The monoisotopic (exact) mass is 341 g/mol. The third-order valence-electron chi connectivity index (χ3n) is 4.44. The minimum Gasteiger partial charge on any atom is -0.481 e. The predicted molar refractivity (Wildman–Crippen MR) is 98.9 cm³/mol. The Bertz CT molecular complexity index is 1010. The van der Waals surface area contributed by atoms with Gasteiger partial charge in [-0.25, -0.2) is 0 Å². The fourth-order valence-corrected chi connectivity index (χ4v) is 3.22. The summed E-state index contributed by atoms with van der Waals surface area (Å²) >= 11 is 0. The molecule has 1 aliphatic rings. The highest BCUT2D eigenvalue weighted by atomic mass is 16.5. The molecule has 3 aromatic carbocycles. The summed E-state index contributed by atoms with van der Waals surface area (Å²) in [4.78, 5) is 27.1. The van der Waals surface area contributed by atoms with E-state index in [1.54, 1.807) is 24.3 Å². The van der Waals surface area contributed by atoms with Crippen molar-refractivity contribution in [1.29, 1.82) is 0 Å². The molecule has 0 atom stereocenters. The number of hydrogen-bond donors (Lipinski definition) is 0. The molecule has 4 rings (SSSR count). The van der Waals surface area contributed by atoms with Crippen molar-refractivity contribution in [3.05, 3.63) is 77.4 Å². The number of ether oxygens (including phenoxy) is 1. The summed E-state index contributed by atoms with van der Waals surface area (Å²) in [6.45, 7) is 0.404. The van der Waals surface area contributed by atoms with Gasteiger partial charge in [0.2, 0.25) is 0 Å². The lowest BCUT2D eigenvalue weighted by atomic mass is 9.94. The van der Waals surface area contributed by atoms with Crippen LogP contribution in [0, 0.1) is 12.3 Å². The summed E-state index contributed by atoms with van der Waals surface area (Å²) in [5, 5.41) is 1.63. The average molecular weight is 341 g/mol. The van der Waals surface area contributed by atoms with Crippen molar-refractivity contribution in [3.63, 3.8) is 0 Å². The maximum Gasteiger partial charge on any atom is 0.261 e. The van der Waals surface area contributed by atoms with Crippen LogP contribution in [-0.4, -0.2) is 23.3 Å². The number of carbonyl (C=O) groups is 2. The van der Waals surface area contributed by atoms with Crippen molar-refractivity contribution >= 4 is 22.6 Å². The van der Waals surface area contributed by atoms with E-state index in [-0.39, 0.29) is 25.0 Å². The molecule has 3 aromatic rings. The molecule has 0 bridgehead atoms. The van der Waals surface area contributed by atoms with Crippen LogP contribution in [-0.2, 0) is 6.54 Å². The zero-order chi connectivity index (χ0) is 18.1. The molecule has 4 heteroatoms. The van der Waals surface area contributed by atoms with Crippen molar-refractivity contribution in [3.8, 4) is 18.1 Å². The third-order valence-corrected chi connectivity index (χ3v) is 4.44. The second-order valence-corrected chi connectivity index (χ2v) is 6.04. The lowest BCUT2D eigenvalue weighted by Gasteiger charge is -2.27. The van der Waals surface area contributed by atoms with Crippen LogP contribution in [0.3, 0.4) is 0 Å². The summed E-state index contributed by atoms with van der Waals surface area (Å²) in [5.74, 6) is 2.52. The number of benzene rings is 3. The average Bonchev–Trinajstić information content (AvgIpc) is 2.68. The Balaban J connectivity index is 1.65. The number of hydrogen-bond acceptors (Lipinski definition) is 3. The van der Waals surface area contributed by atoms with Gasteiger partial charge in [-0.1, -0.05) is 42.3 Å². The topological polar surface area (TPSA) is 46.6 Å². The quantitative estimate of drug-likeness (QED) is 0.537. The number of carbonyl (C=O) groups excluding carboxylic acids is 2. The van der Waals surface area contributed by atoms with Crippen LogP contribution in [0.4, 0.5) is 0 Å². The Kier molecular flexibility index (Phi) is 3.91. The van der Waals surface area contributed by atoms with Gasteiger partial charge in [0, 0.05) is 16.5 Å². The molecule has 0 saturated heterocycles. The molecule has 0 saturated carbocycles. The van der Waals surface area contributed by atoms with E-state index in [1.807, 2.05) is 36.4 Å². The van der Waals surface area contributed by atoms with Gasteiger partial charge in [-0.2, -0.15) is 0 Å². The maximum absolute atomic E-state index is 12.9. The number of amides is 2. The molecule has 1 heterocycles. The first-order chi connectivity index (χ1) is 12.7. The first kappa shape index (κ1) is 15.9. The highest BCUT2D eigenvalue weighted by molar-refractivity contribution is 6.25. The zero-order valence-corrected chi connectivity index (χ0v) is 13.9. The molecule has 26 heavy (non-hydrogen) atoms. The number of rotatable bonds is 4. The lowest BCUT2D eigenvalue weighted by Crippen LogP contribution is -2.39. The molecule has 0 radical (unpaired) electrons. The molecular formula is C22H15NO3. The summed E-state index contributed by atoms with van der Waals surface area (Å²) < 4.78 is 5.34. The van der Waals surface area contributed by atoms with E-state index in [0.29, 0.717) is 16.9 Å². The second kappa shape index (κ2) is 6.38. The van der Waals surface area contributed by atoms with Crippen LogP contribution in [0.5, 0.6) is 5.75 Å². The molecule has 1 aliphatic heterocycles. The van der Waals surface area contributed by atoms with Crippen molar-refractivity contribution in [2.45, 2.75) is 6.54 Å². The van der Waals surface area contributed by atoms with Crippen LogP contribution in [0.25, 0.3) is 10.8 Å². The summed E-state index contributed by atoms with van der Waals surface area (Å²) in [5.41, 5.74) is 1.96. The van der Waals surface area contributed by atoms with Crippen LogP contribution in [0.1, 0.15) is 26.3 Å². The first-order valence-corrected chi connectivity index (χ1v) is 8.22. The Hall–Kier alpha value is -3.58. The first-order valence-electron chi connectivity index (χ1n) is 8.22.